The lowest BCUT2D eigenvalue weighted by Gasteiger charge is -2.45. The summed E-state index contributed by atoms with van der Waals surface area (Å²) in [4.78, 5) is 42.3. The first-order chi connectivity index (χ1) is 29.4. The molecule has 3 heterocycles. The van der Waals surface area contributed by atoms with Crippen LogP contribution in [0.25, 0.3) is 0 Å². The van der Waals surface area contributed by atoms with Crippen LogP contribution in [-0.2, 0) is 68.8 Å². The number of hydrogen-bond acceptors (Lipinski definition) is 11. The summed E-state index contributed by atoms with van der Waals surface area (Å²) < 4.78 is 43.0. The number of allylic oxidation sites excluding steroid dienone is 1. The maximum absolute atomic E-state index is 14.4. The lowest BCUT2D eigenvalue weighted by Crippen LogP contribution is -2.61. The largest absolute Gasteiger partial charge is 0.482 e. The van der Waals surface area contributed by atoms with Crippen LogP contribution >= 0.6 is 0 Å². The Bertz CT molecular complexity index is 2050. The van der Waals surface area contributed by atoms with E-state index in [0.29, 0.717) is 18.6 Å². The number of nitrogens with zero attached hydrogens (tertiary/aromatic N) is 1. The number of imide groups is 1. The van der Waals surface area contributed by atoms with Gasteiger partial charge in [0.1, 0.15) is 36.8 Å². The van der Waals surface area contributed by atoms with Crippen molar-refractivity contribution >= 4 is 17.8 Å². The van der Waals surface area contributed by atoms with Gasteiger partial charge in [-0.1, -0.05) is 121 Å². The molecule has 1 N–H and O–H groups in total. The number of amides is 2. The summed E-state index contributed by atoms with van der Waals surface area (Å²) in [7, 11) is 1.51. The van der Waals surface area contributed by atoms with Crippen LogP contribution < -0.4 is 0 Å². The van der Waals surface area contributed by atoms with Gasteiger partial charge in [0.05, 0.1) is 38.4 Å². The van der Waals surface area contributed by atoms with E-state index in [4.69, 9.17) is 33.2 Å². The van der Waals surface area contributed by atoms with E-state index in [9.17, 15) is 19.5 Å². The third-order valence-corrected chi connectivity index (χ3v) is 10.8. The third-order valence-electron chi connectivity index (χ3n) is 10.8. The predicted molar refractivity (Wildman–Crippen MR) is 220 cm³/mol. The van der Waals surface area contributed by atoms with Crippen molar-refractivity contribution in [2.75, 3.05) is 26.9 Å². The first-order valence-corrected chi connectivity index (χ1v) is 20.3. The van der Waals surface area contributed by atoms with E-state index in [1.807, 2.05) is 121 Å². The molecule has 2 amide bonds. The van der Waals surface area contributed by atoms with Crippen molar-refractivity contribution in [3.05, 3.63) is 168 Å². The Morgan fingerprint density at radius 3 is 1.95 bits per heavy atom. The van der Waals surface area contributed by atoms with Gasteiger partial charge in [-0.15, -0.1) is 0 Å². The van der Waals surface area contributed by atoms with Gasteiger partial charge in [0.2, 0.25) is 5.91 Å². The molecule has 3 aliphatic rings. The summed E-state index contributed by atoms with van der Waals surface area (Å²) in [5, 5.41) is 10.4. The molecular weight excluding hydrogens is 767 g/mol. The van der Waals surface area contributed by atoms with Crippen LogP contribution in [0.1, 0.15) is 28.7 Å². The van der Waals surface area contributed by atoms with Crippen LogP contribution in [0.15, 0.2) is 145 Å². The molecule has 60 heavy (non-hydrogen) atoms. The highest BCUT2D eigenvalue weighted by molar-refractivity contribution is 6.02. The minimum absolute atomic E-state index is 0.0523. The summed E-state index contributed by atoms with van der Waals surface area (Å²) in [6, 6.07) is 37.8. The molecule has 314 valence electrons. The smallest absolute Gasteiger partial charge is 0.416 e. The van der Waals surface area contributed by atoms with Gasteiger partial charge in [0.25, 0.3) is 0 Å². The monoisotopic (exact) mass is 817 g/mol. The van der Waals surface area contributed by atoms with E-state index in [-0.39, 0.29) is 45.2 Å². The zero-order valence-electron chi connectivity index (χ0n) is 33.5. The summed E-state index contributed by atoms with van der Waals surface area (Å²) in [5.74, 6) is -1.56. The van der Waals surface area contributed by atoms with Crippen molar-refractivity contribution in [1.29, 1.82) is 0 Å². The predicted octanol–water partition coefficient (Wildman–Crippen LogP) is 6.15. The second-order valence-electron chi connectivity index (χ2n) is 14.9. The molecule has 3 aliphatic heterocycles. The van der Waals surface area contributed by atoms with E-state index < -0.39 is 60.8 Å². The summed E-state index contributed by atoms with van der Waals surface area (Å²) >= 11 is 0. The van der Waals surface area contributed by atoms with E-state index in [2.05, 4.69) is 0 Å². The number of rotatable bonds is 18. The SMILES string of the molecule is CO[C@H]1O[C@H](CO)[C@@H](OCc2ccccc2)[C@H](OCc2ccccc2)[C@@H]1OCCC=C1C=CC(=O)[C@H]([C@H](Cc2ccccc2)C(=O)N2C(=O)OC[C@@H]2Cc2ccccc2)O1. The minimum Gasteiger partial charge on any atom is -0.482 e. The van der Waals surface area contributed by atoms with Gasteiger partial charge in [-0.05, 0) is 59.7 Å². The van der Waals surface area contributed by atoms with Crippen LogP contribution in [0.3, 0.4) is 0 Å². The van der Waals surface area contributed by atoms with E-state index in [1.165, 1.54) is 13.2 Å². The van der Waals surface area contributed by atoms with Crippen molar-refractivity contribution in [2.24, 2.45) is 5.92 Å². The standard InChI is InChI=1S/C48H51NO11/c1-54-47-45(44(57-31-36-21-12-5-13-22-36)43(41(29-50)60-47)56-30-35-19-10-4-11-20-35)55-26-14-23-38-24-25-40(51)42(59-38)39(28-34-17-8-3-9-18-34)46(52)49-37(32-58-48(49)53)27-33-15-6-2-7-16-33/h2-13,15-25,37,39,41-45,47,50H,14,26-32H2,1H3/t37-,39-,41+,42-,43+,44-,45-,47-/m0/s1. The summed E-state index contributed by atoms with van der Waals surface area (Å²) in [6.07, 6.45) is -0.0509. The van der Waals surface area contributed by atoms with Gasteiger partial charge in [-0.2, -0.15) is 0 Å². The molecule has 0 aliphatic carbocycles. The van der Waals surface area contributed by atoms with E-state index in [1.54, 1.807) is 12.2 Å². The molecular formula is C48H51NO11. The van der Waals surface area contributed by atoms with Crippen molar-refractivity contribution in [3.63, 3.8) is 0 Å². The topological polar surface area (TPSA) is 139 Å². The first kappa shape index (κ1) is 42.6. The van der Waals surface area contributed by atoms with Crippen molar-refractivity contribution in [2.45, 2.75) is 75.3 Å². The highest BCUT2D eigenvalue weighted by Gasteiger charge is 2.49. The van der Waals surface area contributed by atoms with Crippen LogP contribution in [0, 0.1) is 5.92 Å². The third kappa shape index (κ3) is 10.8. The number of aliphatic hydroxyl groups excluding tert-OH is 1. The highest BCUT2D eigenvalue weighted by atomic mass is 16.7. The van der Waals surface area contributed by atoms with Crippen molar-refractivity contribution in [1.82, 2.24) is 4.90 Å². The van der Waals surface area contributed by atoms with Crippen LogP contribution in [0.5, 0.6) is 0 Å². The Morgan fingerprint density at radius 1 is 0.767 bits per heavy atom. The quantitative estimate of drug-likeness (QED) is 0.116. The molecule has 8 atom stereocenters. The number of ketones is 1. The lowest BCUT2D eigenvalue weighted by atomic mass is 9.88. The molecule has 0 radical (unpaired) electrons. The average Bonchev–Trinajstić information content (AvgIpc) is 3.66. The number of carbonyl (C=O) groups is 3. The van der Waals surface area contributed by atoms with Crippen LogP contribution in [0.2, 0.25) is 0 Å². The Kier molecular flexibility index (Phi) is 15.0. The number of ether oxygens (including phenoxy) is 7. The highest BCUT2D eigenvalue weighted by Crippen LogP contribution is 2.32. The van der Waals surface area contributed by atoms with E-state index in [0.717, 1.165) is 27.2 Å². The number of aliphatic hydroxyl groups is 1. The molecule has 2 saturated heterocycles. The average molecular weight is 818 g/mol. The zero-order valence-corrected chi connectivity index (χ0v) is 33.5. The second-order valence-corrected chi connectivity index (χ2v) is 14.9. The van der Waals surface area contributed by atoms with Crippen molar-refractivity contribution < 1.29 is 52.6 Å². The van der Waals surface area contributed by atoms with Gasteiger partial charge < -0.3 is 38.3 Å². The molecule has 0 saturated carbocycles. The van der Waals surface area contributed by atoms with Crippen LogP contribution in [-0.4, -0.2) is 97.6 Å². The van der Waals surface area contributed by atoms with Gasteiger partial charge in [-0.25, -0.2) is 9.69 Å². The summed E-state index contributed by atoms with van der Waals surface area (Å²) in [6.45, 7) is 0.413. The number of hydrogen-bond donors (Lipinski definition) is 1. The number of methoxy groups -OCH3 is 1. The fourth-order valence-electron chi connectivity index (χ4n) is 7.76. The molecule has 2 fully saturated rings. The number of cyclic esters (lactones) is 1. The normalized spacial score (nSPS) is 25.2. The van der Waals surface area contributed by atoms with Crippen molar-refractivity contribution in [3.8, 4) is 0 Å². The first-order valence-electron chi connectivity index (χ1n) is 20.3. The molecule has 12 nitrogen and oxygen atoms in total. The van der Waals surface area contributed by atoms with Gasteiger partial charge in [0, 0.05) is 7.11 Å². The molecule has 4 aromatic carbocycles. The summed E-state index contributed by atoms with van der Waals surface area (Å²) in [5.41, 5.74) is 3.67. The maximum atomic E-state index is 14.4. The van der Waals surface area contributed by atoms with Crippen LogP contribution in [0.4, 0.5) is 4.79 Å². The minimum atomic E-state index is -1.20. The Hall–Kier alpha value is -5.47. The Balaban J connectivity index is 1.06. The molecule has 0 bridgehead atoms. The van der Waals surface area contributed by atoms with Gasteiger partial charge in [-0.3, -0.25) is 9.59 Å². The Morgan fingerprint density at radius 2 is 1.35 bits per heavy atom. The molecule has 0 aromatic heterocycles. The fourth-order valence-corrected chi connectivity index (χ4v) is 7.76. The van der Waals surface area contributed by atoms with Gasteiger partial charge >= 0.3 is 6.09 Å². The molecule has 7 rings (SSSR count). The number of benzene rings is 4. The number of carbonyl (C=O) groups excluding carboxylic acids is 3. The molecule has 12 heteroatoms. The van der Waals surface area contributed by atoms with E-state index >= 15 is 0 Å². The molecule has 0 spiro atoms. The lowest BCUT2D eigenvalue weighted by molar-refractivity contribution is -0.319. The van der Waals surface area contributed by atoms with Gasteiger partial charge in [0.15, 0.2) is 18.2 Å². The second kappa shape index (κ2) is 21.2. The molecule has 0 unspecified atom stereocenters. The fraction of sp³-hybridized carbons (Fsp3) is 0.354. The zero-order chi connectivity index (χ0) is 41.7. The Labute approximate surface area is 350 Å². The maximum Gasteiger partial charge on any atom is 0.416 e. The molecule has 4 aromatic rings.